The Balaban J connectivity index is 1.88. The van der Waals surface area contributed by atoms with Gasteiger partial charge in [-0.05, 0) is 43.5 Å². The first kappa shape index (κ1) is 24.2. The molecule has 0 bridgehead atoms. The molecule has 32 heavy (non-hydrogen) atoms. The summed E-state index contributed by atoms with van der Waals surface area (Å²) in [5.41, 5.74) is 2.24. The number of nitrogens with zero attached hydrogens (tertiary/aromatic N) is 2. The van der Waals surface area contributed by atoms with Crippen molar-refractivity contribution in [2.75, 3.05) is 24.9 Å². The third kappa shape index (κ3) is 5.67. The standard InChI is InChI=1S/C22H24N2O5S3/c1-15-4-7-17(8-5-15)32(27,28)13-10-20(25)23-22-24(11-12-30-3)18-9-6-16(21(26)29-2)14-19(18)31-22/h4-9,14H,10-13H2,1-3H3. The van der Waals surface area contributed by atoms with Crippen LogP contribution in [-0.4, -0.2) is 49.7 Å². The minimum atomic E-state index is -3.57. The van der Waals surface area contributed by atoms with Crippen LogP contribution < -0.4 is 4.80 Å². The normalized spacial score (nSPS) is 12.3. The molecule has 2 aromatic carbocycles. The molecule has 1 heterocycles. The molecule has 1 aromatic heterocycles. The van der Waals surface area contributed by atoms with Crippen LogP contribution in [0.4, 0.5) is 0 Å². The fourth-order valence-electron chi connectivity index (χ4n) is 3.05. The van der Waals surface area contributed by atoms with E-state index in [0.29, 0.717) is 16.9 Å². The largest absolute Gasteiger partial charge is 0.465 e. The van der Waals surface area contributed by atoms with E-state index >= 15 is 0 Å². The van der Waals surface area contributed by atoms with Crippen LogP contribution in [0.1, 0.15) is 22.3 Å². The Kier molecular flexibility index (Phi) is 7.91. The van der Waals surface area contributed by atoms with E-state index in [-0.39, 0.29) is 17.1 Å². The highest BCUT2D eigenvalue weighted by molar-refractivity contribution is 7.98. The van der Waals surface area contributed by atoms with Crippen molar-refractivity contribution in [1.82, 2.24) is 4.57 Å². The molecule has 0 saturated carbocycles. The Bertz CT molecular complexity index is 1310. The lowest BCUT2D eigenvalue weighted by atomic mass is 10.2. The monoisotopic (exact) mass is 492 g/mol. The molecule has 3 aromatic rings. The number of fused-ring (bicyclic) bond motifs is 1. The molecule has 7 nitrogen and oxygen atoms in total. The van der Waals surface area contributed by atoms with Gasteiger partial charge in [0.15, 0.2) is 14.6 Å². The molecule has 0 unspecified atom stereocenters. The van der Waals surface area contributed by atoms with E-state index in [2.05, 4.69) is 4.99 Å². The maximum Gasteiger partial charge on any atom is 0.337 e. The van der Waals surface area contributed by atoms with Crippen molar-refractivity contribution in [3.63, 3.8) is 0 Å². The molecule has 0 spiro atoms. The molecule has 0 aliphatic rings. The minimum Gasteiger partial charge on any atom is -0.465 e. The number of hydrogen-bond acceptors (Lipinski definition) is 7. The number of thiazole rings is 1. The van der Waals surface area contributed by atoms with Crippen molar-refractivity contribution < 1.29 is 22.7 Å². The van der Waals surface area contributed by atoms with E-state index in [9.17, 15) is 18.0 Å². The first-order valence-corrected chi connectivity index (χ1v) is 13.7. The van der Waals surface area contributed by atoms with Crippen LogP contribution >= 0.6 is 23.1 Å². The van der Waals surface area contributed by atoms with E-state index in [1.165, 1.54) is 18.4 Å². The summed E-state index contributed by atoms with van der Waals surface area (Å²) < 4.78 is 32.6. The zero-order valence-corrected chi connectivity index (χ0v) is 20.5. The Labute approximate surface area is 195 Å². The molecule has 1 amide bonds. The van der Waals surface area contributed by atoms with Crippen molar-refractivity contribution >= 4 is 55.0 Å². The van der Waals surface area contributed by atoms with Gasteiger partial charge in [0.05, 0.1) is 33.5 Å². The first-order chi connectivity index (χ1) is 15.2. The minimum absolute atomic E-state index is 0.197. The second kappa shape index (κ2) is 10.5. The second-order valence-corrected chi connectivity index (χ2v) is 11.2. The van der Waals surface area contributed by atoms with E-state index in [1.807, 2.05) is 23.8 Å². The summed E-state index contributed by atoms with van der Waals surface area (Å²) in [6.45, 7) is 2.51. The number of rotatable bonds is 8. The van der Waals surface area contributed by atoms with Crippen molar-refractivity contribution in [2.24, 2.45) is 4.99 Å². The van der Waals surface area contributed by atoms with Gasteiger partial charge in [-0.15, -0.1) is 0 Å². The number of aromatic nitrogens is 1. The molecule has 0 radical (unpaired) electrons. The summed E-state index contributed by atoms with van der Waals surface area (Å²) in [6, 6.07) is 11.8. The van der Waals surface area contributed by atoms with Crippen LogP contribution in [0.25, 0.3) is 10.2 Å². The molecular weight excluding hydrogens is 468 g/mol. The average Bonchev–Trinajstić information content (AvgIpc) is 3.12. The van der Waals surface area contributed by atoms with E-state index < -0.39 is 21.7 Å². The van der Waals surface area contributed by atoms with Crippen LogP contribution in [0.2, 0.25) is 0 Å². The Morgan fingerprint density at radius 2 is 1.88 bits per heavy atom. The van der Waals surface area contributed by atoms with Crippen LogP contribution in [0.15, 0.2) is 52.4 Å². The predicted molar refractivity (Wildman–Crippen MR) is 128 cm³/mol. The lowest BCUT2D eigenvalue weighted by Gasteiger charge is -2.05. The van der Waals surface area contributed by atoms with Crippen molar-refractivity contribution in [1.29, 1.82) is 0 Å². The molecule has 0 saturated heterocycles. The van der Waals surface area contributed by atoms with E-state index in [1.54, 1.807) is 48.2 Å². The van der Waals surface area contributed by atoms with Gasteiger partial charge in [0, 0.05) is 18.7 Å². The fourth-order valence-corrected chi connectivity index (χ4v) is 5.76. The SMILES string of the molecule is COC(=O)c1ccc2c(c1)sc(=NC(=O)CCS(=O)(=O)c1ccc(C)cc1)n2CCSC. The fraction of sp³-hybridized carbons (Fsp3) is 0.318. The number of thioether (sulfide) groups is 1. The number of ether oxygens (including phenoxy) is 1. The van der Waals surface area contributed by atoms with Gasteiger partial charge in [0.2, 0.25) is 5.91 Å². The van der Waals surface area contributed by atoms with Crippen LogP contribution in [0, 0.1) is 6.92 Å². The Morgan fingerprint density at radius 1 is 1.16 bits per heavy atom. The van der Waals surface area contributed by atoms with Gasteiger partial charge in [-0.25, -0.2) is 13.2 Å². The number of methoxy groups -OCH3 is 1. The summed E-state index contributed by atoms with van der Waals surface area (Å²) in [4.78, 5) is 29.3. The number of sulfone groups is 1. The molecule has 3 rings (SSSR count). The topological polar surface area (TPSA) is 94.8 Å². The Hall–Kier alpha value is -2.43. The quantitative estimate of drug-likeness (QED) is 0.447. The molecule has 10 heteroatoms. The number of carbonyl (C=O) groups excluding carboxylic acids is 2. The molecular formula is C22H24N2O5S3. The highest BCUT2D eigenvalue weighted by Crippen LogP contribution is 2.20. The zero-order valence-electron chi connectivity index (χ0n) is 18.0. The second-order valence-electron chi connectivity index (χ2n) is 7.09. The summed E-state index contributed by atoms with van der Waals surface area (Å²) in [5.74, 6) is -0.431. The number of hydrogen-bond donors (Lipinski definition) is 0. The lowest BCUT2D eigenvalue weighted by Crippen LogP contribution is -2.19. The number of carbonyl (C=O) groups is 2. The van der Waals surface area contributed by atoms with Crippen LogP contribution in [-0.2, 0) is 25.9 Å². The predicted octanol–water partition coefficient (Wildman–Crippen LogP) is 3.45. The summed E-state index contributed by atoms with van der Waals surface area (Å²) in [6.07, 6.45) is 1.78. The van der Waals surface area contributed by atoms with Gasteiger partial charge in [-0.2, -0.15) is 16.8 Å². The maximum atomic E-state index is 12.6. The van der Waals surface area contributed by atoms with Crippen molar-refractivity contribution in [3.8, 4) is 0 Å². The van der Waals surface area contributed by atoms with Gasteiger partial charge in [0.25, 0.3) is 0 Å². The van der Waals surface area contributed by atoms with Gasteiger partial charge in [0.1, 0.15) is 0 Å². The number of aryl methyl sites for hydroxylation is 2. The van der Waals surface area contributed by atoms with Gasteiger partial charge >= 0.3 is 5.97 Å². The van der Waals surface area contributed by atoms with E-state index in [0.717, 1.165) is 21.5 Å². The lowest BCUT2D eigenvalue weighted by molar-refractivity contribution is -0.117. The number of amides is 1. The highest BCUT2D eigenvalue weighted by Gasteiger charge is 2.17. The molecule has 0 N–H and O–H groups in total. The zero-order chi connectivity index (χ0) is 23.3. The molecule has 0 atom stereocenters. The van der Waals surface area contributed by atoms with Crippen molar-refractivity contribution in [2.45, 2.75) is 24.8 Å². The maximum absolute atomic E-state index is 12.6. The van der Waals surface area contributed by atoms with Gasteiger partial charge < -0.3 is 9.30 Å². The molecule has 0 fully saturated rings. The first-order valence-electron chi connectivity index (χ1n) is 9.83. The van der Waals surface area contributed by atoms with E-state index in [4.69, 9.17) is 4.74 Å². The average molecular weight is 493 g/mol. The summed E-state index contributed by atoms with van der Waals surface area (Å²) >= 11 is 2.95. The smallest absolute Gasteiger partial charge is 0.337 e. The Morgan fingerprint density at radius 3 is 2.53 bits per heavy atom. The summed E-state index contributed by atoms with van der Waals surface area (Å²) in [5, 5.41) is 0. The third-order valence-corrected chi connectivity index (χ3v) is 8.17. The van der Waals surface area contributed by atoms with Crippen LogP contribution in [0.3, 0.4) is 0 Å². The number of esters is 1. The molecule has 0 aliphatic heterocycles. The molecule has 170 valence electrons. The third-order valence-electron chi connectivity index (χ3n) is 4.81. The summed E-state index contributed by atoms with van der Waals surface area (Å²) in [7, 11) is -2.25. The number of benzene rings is 2. The van der Waals surface area contributed by atoms with Crippen molar-refractivity contribution in [3.05, 3.63) is 58.4 Å². The van der Waals surface area contributed by atoms with Gasteiger partial charge in [-0.1, -0.05) is 29.0 Å². The highest BCUT2D eigenvalue weighted by atomic mass is 32.2. The van der Waals surface area contributed by atoms with Crippen LogP contribution in [0.5, 0.6) is 0 Å². The van der Waals surface area contributed by atoms with Gasteiger partial charge in [-0.3, -0.25) is 4.79 Å². The molecule has 0 aliphatic carbocycles.